The highest BCUT2D eigenvalue weighted by atomic mass is 127. The highest BCUT2D eigenvalue weighted by Crippen LogP contribution is 2.18. The molecule has 0 aliphatic heterocycles. The van der Waals surface area contributed by atoms with Crippen LogP contribution in [0.5, 0.6) is 0 Å². The maximum atomic E-state index is 12.0. The molecule has 0 fully saturated rings. The van der Waals surface area contributed by atoms with Crippen LogP contribution in [0.15, 0.2) is 68.8 Å². The predicted octanol–water partition coefficient (Wildman–Crippen LogP) is 2.92. The largest absolute Gasteiger partial charge is 0.467 e. The summed E-state index contributed by atoms with van der Waals surface area (Å²) in [4.78, 5) is 20.8. The van der Waals surface area contributed by atoms with Crippen LogP contribution < -0.4 is 16.0 Å². The molecule has 0 aliphatic rings. The van der Waals surface area contributed by atoms with Gasteiger partial charge in [-0.3, -0.25) is 4.79 Å². The second kappa shape index (κ2) is 11.9. The summed E-state index contributed by atoms with van der Waals surface area (Å²) in [7, 11) is 0. The molecule has 29 heavy (non-hydrogen) atoms. The molecule has 0 saturated heterocycles. The monoisotopic (exact) mass is 509 g/mol. The Morgan fingerprint density at radius 2 is 1.90 bits per heavy atom. The summed E-state index contributed by atoms with van der Waals surface area (Å²) < 4.78 is 10.7. The minimum absolute atomic E-state index is 0. The molecule has 8 nitrogen and oxygen atoms in total. The van der Waals surface area contributed by atoms with E-state index in [0.717, 1.165) is 5.56 Å². The fourth-order valence-electron chi connectivity index (χ4n) is 2.42. The molecule has 1 amide bonds. The first-order valence-electron chi connectivity index (χ1n) is 9.05. The van der Waals surface area contributed by atoms with Crippen molar-refractivity contribution in [3.05, 3.63) is 66.4 Å². The molecule has 2 aromatic heterocycles. The van der Waals surface area contributed by atoms with Gasteiger partial charge in [0, 0.05) is 12.1 Å². The van der Waals surface area contributed by atoms with Gasteiger partial charge >= 0.3 is 0 Å². The van der Waals surface area contributed by atoms with E-state index in [4.69, 9.17) is 8.83 Å². The summed E-state index contributed by atoms with van der Waals surface area (Å²) in [5.74, 6) is 1.63. The Labute approximate surface area is 186 Å². The lowest BCUT2D eigenvalue weighted by molar-refractivity contribution is -0.120. The number of oxazole rings is 1. The van der Waals surface area contributed by atoms with E-state index in [1.54, 1.807) is 24.7 Å². The molecule has 0 atom stereocenters. The highest BCUT2D eigenvalue weighted by molar-refractivity contribution is 14.0. The number of hydrogen-bond donors (Lipinski definition) is 3. The lowest BCUT2D eigenvalue weighted by Crippen LogP contribution is -2.43. The zero-order valence-electron chi connectivity index (χ0n) is 16.1. The zero-order valence-corrected chi connectivity index (χ0v) is 18.4. The van der Waals surface area contributed by atoms with Gasteiger partial charge in [-0.2, -0.15) is 0 Å². The van der Waals surface area contributed by atoms with Crippen LogP contribution in [0.25, 0.3) is 11.5 Å². The number of aromatic nitrogens is 1. The Morgan fingerprint density at radius 3 is 2.62 bits per heavy atom. The van der Waals surface area contributed by atoms with Crippen molar-refractivity contribution >= 4 is 35.8 Å². The van der Waals surface area contributed by atoms with Gasteiger partial charge in [-0.25, -0.2) is 9.98 Å². The molecule has 3 N–H and O–H groups in total. The maximum absolute atomic E-state index is 12.0. The van der Waals surface area contributed by atoms with E-state index in [9.17, 15) is 4.79 Å². The summed E-state index contributed by atoms with van der Waals surface area (Å²) >= 11 is 0. The first-order chi connectivity index (χ1) is 13.7. The van der Waals surface area contributed by atoms with Gasteiger partial charge in [0.15, 0.2) is 5.96 Å². The quantitative estimate of drug-likeness (QED) is 0.245. The number of nitrogens with one attached hydrogen (secondary N) is 3. The molecule has 0 bridgehead atoms. The number of amides is 1. The van der Waals surface area contributed by atoms with E-state index >= 15 is 0 Å². The summed E-state index contributed by atoms with van der Waals surface area (Å²) in [6.45, 7) is 3.41. The molecular formula is C20H24IN5O3. The first-order valence-corrected chi connectivity index (χ1v) is 9.05. The molecule has 2 heterocycles. The maximum Gasteiger partial charge on any atom is 0.239 e. The average Bonchev–Trinajstić information content (AvgIpc) is 3.41. The van der Waals surface area contributed by atoms with E-state index in [1.807, 2.05) is 37.3 Å². The van der Waals surface area contributed by atoms with Gasteiger partial charge in [-0.1, -0.05) is 18.2 Å². The van der Waals surface area contributed by atoms with Crippen molar-refractivity contribution in [3.8, 4) is 11.5 Å². The second-order valence-corrected chi connectivity index (χ2v) is 5.91. The molecule has 154 valence electrons. The highest BCUT2D eigenvalue weighted by Gasteiger charge is 2.07. The third-order valence-electron chi connectivity index (χ3n) is 3.77. The van der Waals surface area contributed by atoms with Crippen LogP contribution in [0.1, 0.15) is 18.4 Å². The summed E-state index contributed by atoms with van der Waals surface area (Å²) in [5, 5.41) is 8.87. The number of guanidine groups is 1. The second-order valence-electron chi connectivity index (χ2n) is 5.91. The lowest BCUT2D eigenvalue weighted by atomic mass is 10.2. The van der Waals surface area contributed by atoms with Gasteiger partial charge in [0.25, 0.3) is 0 Å². The molecule has 0 spiro atoms. The Balaban J connectivity index is 0.00000300. The van der Waals surface area contributed by atoms with E-state index < -0.39 is 0 Å². The van der Waals surface area contributed by atoms with E-state index in [-0.39, 0.29) is 36.4 Å². The third kappa shape index (κ3) is 7.26. The minimum Gasteiger partial charge on any atom is -0.467 e. The molecule has 0 saturated carbocycles. The van der Waals surface area contributed by atoms with Crippen molar-refractivity contribution in [1.29, 1.82) is 0 Å². The number of aliphatic imine (C=N–C) groups is 1. The van der Waals surface area contributed by atoms with Crippen molar-refractivity contribution in [2.45, 2.75) is 20.0 Å². The van der Waals surface area contributed by atoms with Crippen molar-refractivity contribution in [1.82, 2.24) is 20.9 Å². The number of carbonyl (C=O) groups excluding carboxylic acids is 1. The van der Waals surface area contributed by atoms with Gasteiger partial charge in [0.2, 0.25) is 11.8 Å². The molecule has 3 rings (SSSR count). The Hall–Kier alpha value is -2.82. The van der Waals surface area contributed by atoms with Crippen LogP contribution in [0.4, 0.5) is 0 Å². The third-order valence-corrected chi connectivity index (χ3v) is 3.77. The van der Waals surface area contributed by atoms with Crippen LogP contribution in [-0.2, 0) is 17.9 Å². The number of furan rings is 1. The SMILES string of the molecule is CCNC(=NCc1coc(-c2ccccc2)n1)NCC(=O)NCc1ccco1.I. The van der Waals surface area contributed by atoms with Gasteiger partial charge in [0.1, 0.15) is 17.7 Å². The Bertz CT molecular complexity index is 894. The lowest BCUT2D eigenvalue weighted by Gasteiger charge is -2.10. The van der Waals surface area contributed by atoms with Crippen LogP contribution in [0.2, 0.25) is 0 Å². The smallest absolute Gasteiger partial charge is 0.239 e. The zero-order chi connectivity index (χ0) is 19.6. The van der Waals surface area contributed by atoms with E-state index in [2.05, 4.69) is 25.9 Å². The van der Waals surface area contributed by atoms with Crippen LogP contribution >= 0.6 is 24.0 Å². The number of benzene rings is 1. The molecule has 9 heteroatoms. The van der Waals surface area contributed by atoms with Crippen molar-refractivity contribution in [2.75, 3.05) is 13.1 Å². The molecule has 3 aromatic rings. The standard InChI is InChI=1S/C20H23N5O3.HI/c1-2-21-20(24-13-18(26)22-12-17-9-6-10-27-17)23-11-16-14-28-19(25-16)15-7-4-3-5-8-15;/h3-10,14H,2,11-13H2,1H3,(H,22,26)(H2,21,23,24);1H. The molecule has 0 unspecified atom stereocenters. The van der Waals surface area contributed by atoms with E-state index in [1.165, 1.54) is 0 Å². The van der Waals surface area contributed by atoms with Gasteiger partial charge in [-0.05, 0) is 31.2 Å². The summed E-state index contributed by atoms with van der Waals surface area (Å²) in [5.41, 5.74) is 1.62. The van der Waals surface area contributed by atoms with Gasteiger partial charge in [0.05, 0.1) is 25.9 Å². The number of carbonyl (C=O) groups is 1. The number of rotatable bonds is 8. The van der Waals surface area contributed by atoms with Gasteiger partial charge in [-0.15, -0.1) is 24.0 Å². The van der Waals surface area contributed by atoms with Crippen molar-refractivity contribution < 1.29 is 13.6 Å². The number of nitrogens with zero attached hydrogens (tertiary/aromatic N) is 2. The molecular weight excluding hydrogens is 485 g/mol. The van der Waals surface area contributed by atoms with Crippen molar-refractivity contribution in [2.24, 2.45) is 4.99 Å². The van der Waals surface area contributed by atoms with Crippen molar-refractivity contribution in [3.63, 3.8) is 0 Å². The normalized spacial score (nSPS) is 10.9. The number of halogens is 1. The molecule has 0 aliphatic carbocycles. The molecule has 1 aromatic carbocycles. The van der Waals surface area contributed by atoms with Gasteiger partial charge < -0.3 is 24.8 Å². The fraction of sp³-hybridized carbons (Fsp3) is 0.250. The van der Waals surface area contributed by atoms with Crippen LogP contribution in [0, 0.1) is 0 Å². The average molecular weight is 509 g/mol. The minimum atomic E-state index is -0.158. The molecule has 0 radical (unpaired) electrons. The Morgan fingerprint density at radius 1 is 1.07 bits per heavy atom. The first kappa shape index (κ1) is 22.5. The number of hydrogen-bond acceptors (Lipinski definition) is 5. The fourth-order valence-corrected chi connectivity index (χ4v) is 2.42. The topological polar surface area (TPSA) is 105 Å². The van der Waals surface area contributed by atoms with Crippen LogP contribution in [-0.4, -0.2) is 29.9 Å². The Kier molecular flexibility index (Phi) is 9.22. The van der Waals surface area contributed by atoms with E-state index in [0.29, 0.717) is 42.9 Å². The summed E-state index contributed by atoms with van der Waals surface area (Å²) in [6.07, 6.45) is 3.16. The summed E-state index contributed by atoms with van der Waals surface area (Å²) in [6, 6.07) is 13.3. The predicted molar refractivity (Wildman–Crippen MR) is 121 cm³/mol. The van der Waals surface area contributed by atoms with Crippen LogP contribution in [0.3, 0.4) is 0 Å².